The number of imide groups is 4. The summed E-state index contributed by atoms with van der Waals surface area (Å²) >= 11 is 1.61. The minimum Gasteiger partial charge on any atom is -0.497 e. The number of nitrogens with one attached hydrogen (secondary N) is 2. The lowest BCUT2D eigenvalue weighted by atomic mass is 10.0. The number of hydrogen-bond acceptors (Lipinski definition) is 16. The van der Waals surface area contributed by atoms with E-state index in [2.05, 4.69) is 30.6 Å². The predicted octanol–water partition coefficient (Wildman–Crippen LogP) is 10.1. The Morgan fingerprint density at radius 2 is 1.21 bits per heavy atom. The van der Waals surface area contributed by atoms with Gasteiger partial charge >= 0.3 is 6.09 Å². The van der Waals surface area contributed by atoms with Crippen LogP contribution in [0.5, 0.6) is 11.5 Å². The summed E-state index contributed by atoms with van der Waals surface area (Å²) in [6.07, 6.45) is -0.748. The molecule has 82 heavy (non-hydrogen) atoms. The van der Waals surface area contributed by atoms with Crippen LogP contribution in [0.4, 0.5) is 31.9 Å². The maximum atomic E-state index is 14.9. The second-order valence-corrected chi connectivity index (χ2v) is 22.0. The fourth-order valence-electron chi connectivity index (χ4n) is 9.43. The predicted molar refractivity (Wildman–Crippen MR) is 290 cm³/mol. The highest BCUT2D eigenvalue weighted by atomic mass is 32.2. The van der Waals surface area contributed by atoms with Crippen molar-refractivity contribution >= 4 is 63.7 Å². The Bertz CT molecular complexity index is 3770. The first-order valence-electron chi connectivity index (χ1n) is 25.1. The standard InChI is InChI=1S/C36H32F2N4O7S.C22H14F2N4O3S/c1-36(2,3)49-34(45)42-33(44)30(50-35(42)46)20-11-9-19(10-12-20)15-25-29-26(40-31(39-25)28-23(37)7-6-8-24(28)38)18-41(32(29)43)17-21-13-14-22(47-4)16-27(21)48-5;23-12-2-1-3-13(24)16(12)19-26-14(17-15(27-19)9-25-20(17)29)8-10-4-6-11(7-5-10)18-21(30)28-22(31)32-18/h6-14,16,30H,15,17-18H2,1-5H3;1-7,18H,8-9H2,(H,25,29)(H,28,30,31). The lowest BCUT2D eigenvalue weighted by molar-refractivity contribution is -0.126. The van der Waals surface area contributed by atoms with Crippen molar-refractivity contribution in [2.75, 3.05) is 14.2 Å². The number of methoxy groups -OCH3 is 2. The number of carbonyl (C=O) groups excluding carboxylic acids is 7. The lowest BCUT2D eigenvalue weighted by Crippen LogP contribution is -2.40. The summed E-state index contributed by atoms with van der Waals surface area (Å²) in [6.45, 7) is 5.26. The van der Waals surface area contributed by atoms with Gasteiger partial charge in [-0.3, -0.25) is 34.1 Å². The molecule has 418 valence electrons. The number of rotatable bonds is 12. The number of benzene rings is 5. The van der Waals surface area contributed by atoms with Gasteiger partial charge in [-0.15, -0.1) is 0 Å². The van der Waals surface area contributed by atoms with Crippen LogP contribution in [-0.2, 0) is 46.8 Å². The summed E-state index contributed by atoms with van der Waals surface area (Å²) in [5, 5.41) is 2.21. The van der Waals surface area contributed by atoms with Gasteiger partial charge in [-0.2, -0.15) is 4.90 Å². The maximum absolute atomic E-state index is 14.9. The van der Waals surface area contributed by atoms with Crippen LogP contribution >= 0.6 is 23.5 Å². The Morgan fingerprint density at radius 1 is 0.659 bits per heavy atom. The summed E-state index contributed by atoms with van der Waals surface area (Å²) in [4.78, 5) is 107. The van der Waals surface area contributed by atoms with E-state index in [9.17, 15) is 51.1 Å². The molecule has 4 aliphatic heterocycles. The van der Waals surface area contributed by atoms with Crippen molar-refractivity contribution in [3.63, 3.8) is 0 Å². The Kier molecular flexibility index (Phi) is 15.7. The minimum absolute atomic E-state index is 0.0596. The van der Waals surface area contributed by atoms with E-state index in [0.717, 1.165) is 41.6 Å². The molecule has 7 amide bonds. The van der Waals surface area contributed by atoms with Crippen molar-refractivity contribution in [3.8, 4) is 34.3 Å². The first kappa shape index (κ1) is 56.3. The second-order valence-electron chi connectivity index (χ2n) is 19.9. The average molecular weight is 1160 g/mol. The number of halogens is 4. The molecule has 2 atom stereocenters. The van der Waals surface area contributed by atoms with Crippen molar-refractivity contribution < 1.29 is 65.3 Å². The molecular formula is C58H46F4N8O10S2. The molecule has 18 nitrogen and oxygen atoms in total. The van der Waals surface area contributed by atoms with Crippen LogP contribution in [0.15, 0.2) is 103 Å². The Balaban J connectivity index is 0.000000202. The van der Waals surface area contributed by atoms with Gasteiger partial charge in [-0.05, 0) is 103 Å². The molecule has 11 rings (SSSR count). The number of aromatic nitrogens is 4. The zero-order valence-electron chi connectivity index (χ0n) is 44.1. The summed E-state index contributed by atoms with van der Waals surface area (Å²) < 4.78 is 74.5. The molecule has 2 N–H and O–H groups in total. The van der Waals surface area contributed by atoms with Crippen molar-refractivity contribution in [1.82, 2.24) is 40.4 Å². The summed E-state index contributed by atoms with van der Waals surface area (Å²) in [7, 11) is 3.05. The molecule has 0 aliphatic carbocycles. The van der Waals surface area contributed by atoms with Gasteiger partial charge in [-0.1, -0.05) is 60.7 Å². The second kappa shape index (κ2) is 22.8. The summed E-state index contributed by atoms with van der Waals surface area (Å²) in [6, 6.07) is 25.9. The fourth-order valence-corrected chi connectivity index (χ4v) is 11.2. The van der Waals surface area contributed by atoms with Crippen molar-refractivity contribution in [1.29, 1.82) is 0 Å². The number of fused-ring (bicyclic) bond motifs is 2. The molecule has 0 bridgehead atoms. The van der Waals surface area contributed by atoms with E-state index in [-0.39, 0.29) is 83.9 Å². The van der Waals surface area contributed by atoms with Crippen LogP contribution in [0.3, 0.4) is 0 Å². The third-order valence-corrected chi connectivity index (χ3v) is 15.4. The van der Waals surface area contributed by atoms with Gasteiger partial charge in [0.05, 0.1) is 78.9 Å². The van der Waals surface area contributed by atoms with Crippen molar-refractivity contribution in [2.24, 2.45) is 0 Å². The molecule has 5 aromatic carbocycles. The molecule has 24 heteroatoms. The van der Waals surface area contributed by atoms with Gasteiger partial charge in [-0.25, -0.2) is 42.3 Å². The van der Waals surface area contributed by atoms with Gasteiger partial charge in [0, 0.05) is 24.5 Å². The third-order valence-electron chi connectivity index (χ3n) is 13.2. The molecule has 2 saturated heterocycles. The van der Waals surface area contributed by atoms with Crippen LogP contribution in [0.25, 0.3) is 22.8 Å². The Hall–Kier alpha value is -9.03. The number of hydrogen-bond donors (Lipinski definition) is 2. The smallest absolute Gasteiger partial charge is 0.424 e. The molecule has 7 aromatic rings. The van der Waals surface area contributed by atoms with Gasteiger partial charge in [0.2, 0.25) is 5.91 Å². The molecule has 6 heterocycles. The highest BCUT2D eigenvalue weighted by Crippen LogP contribution is 2.41. The molecule has 0 radical (unpaired) electrons. The first-order chi connectivity index (χ1) is 39.2. The molecule has 0 spiro atoms. The van der Waals surface area contributed by atoms with E-state index in [0.29, 0.717) is 73.1 Å². The monoisotopic (exact) mass is 1150 g/mol. The normalized spacial score (nSPS) is 16.4. The minimum atomic E-state index is -1.04. The topological polar surface area (TPSA) is 229 Å². The number of ether oxygens (including phenoxy) is 3. The van der Waals surface area contributed by atoms with Crippen LogP contribution in [0, 0.1) is 23.3 Å². The van der Waals surface area contributed by atoms with E-state index in [1.54, 1.807) is 92.4 Å². The van der Waals surface area contributed by atoms with Crippen LogP contribution < -0.4 is 20.1 Å². The molecule has 2 unspecified atom stereocenters. The number of carbonyl (C=O) groups is 7. The quantitative estimate of drug-likeness (QED) is 0.108. The van der Waals surface area contributed by atoms with Gasteiger partial charge in [0.25, 0.3) is 28.2 Å². The van der Waals surface area contributed by atoms with E-state index < -0.39 is 62.2 Å². The van der Waals surface area contributed by atoms with Gasteiger partial charge in [0.15, 0.2) is 11.6 Å². The van der Waals surface area contributed by atoms with Crippen LogP contribution in [0.2, 0.25) is 0 Å². The highest BCUT2D eigenvalue weighted by Gasteiger charge is 2.46. The van der Waals surface area contributed by atoms with Gasteiger partial charge < -0.3 is 24.4 Å². The Morgan fingerprint density at radius 3 is 1.73 bits per heavy atom. The van der Waals surface area contributed by atoms with Crippen LogP contribution in [-0.4, -0.2) is 89.8 Å². The van der Waals surface area contributed by atoms with Crippen molar-refractivity contribution in [3.05, 3.63) is 188 Å². The number of amides is 7. The SMILES string of the molecule is COc1ccc(CN2Cc3nc(-c4c(F)cccc4F)nc(Cc4ccc(C5SC(=O)N(C(=O)OC(C)(C)C)C5=O)cc4)c3C2=O)c(OC)c1.O=C1NC(=O)C(c2ccc(Cc3nc(-c4c(F)cccc4F)nc4c3C(=O)NC4)cc2)S1. The zero-order valence-corrected chi connectivity index (χ0v) is 45.7. The van der Waals surface area contributed by atoms with Crippen LogP contribution in [0.1, 0.15) is 103 Å². The molecular weight excluding hydrogens is 1110 g/mol. The van der Waals surface area contributed by atoms with E-state index in [1.807, 2.05) is 0 Å². The summed E-state index contributed by atoms with van der Waals surface area (Å²) in [5.74, 6) is -4.29. The third kappa shape index (κ3) is 11.5. The molecule has 2 aromatic heterocycles. The highest BCUT2D eigenvalue weighted by molar-refractivity contribution is 8.15. The van der Waals surface area contributed by atoms with Crippen molar-refractivity contribution in [2.45, 2.75) is 69.3 Å². The van der Waals surface area contributed by atoms with E-state index in [1.165, 1.54) is 26.4 Å². The first-order valence-corrected chi connectivity index (χ1v) is 26.9. The maximum Gasteiger partial charge on any atom is 0.424 e. The largest absolute Gasteiger partial charge is 0.497 e. The van der Waals surface area contributed by atoms with E-state index in [4.69, 9.17) is 14.2 Å². The summed E-state index contributed by atoms with van der Waals surface area (Å²) in [5.41, 5.74) is 3.44. The van der Waals surface area contributed by atoms with Gasteiger partial charge in [0.1, 0.15) is 50.9 Å². The lowest BCUT2D eigenvalue weighted by Gasteiger charge is -2.22. The molecule has 2 fully saturated rings. The van der Waals surface area contributed by atoms with E-state index >= 15 is 0 Å². The fraction of sp³-hybridized carbons (Fsp3) is 0.224. The number of thioether (sulfide) groups is 2. The number of nitrogens with zero attached hydrogens (tertiary/aromatic N) is 6. The molecule has 0 saturated carbocycles. The average Bonchev–Trinajstić information content (AvgIpc) is 4.37. The zero-order chi connectivity index (χ0) is 58.3. The Labute approximate surface area is 473 Å². The molecule has 4 aliphatic rings.